The first-order valence-electron chi connectivity index (χ1n) is 5.15. The van der Waals surface area contributed by atoms with Crippen LogP contribution in [0.1, 0.15) is 16.8 Å². The highest BCUT2D eigenvalue weighted by Crippen LogP contribution is 2.36. The number of anilines is 1. The van der Waals surface area contributed by atoms with E-state index in [0.717, 1.165) is 21.7 Å². The largest absolute Gasteiger partial charge is 0.433 e. The van der Waals surface area contributed by atoms with E-state index < -0.39 is 11.9 Å². The molecule has 0 aliphatic carbocycles. The number of rotatable bonds is 0. The zero-order valence-corrected chi connectivity index (χ0v) is 11.3. The zero-order chi connectivity index (χ0) is 13.7. The first kappa shape index (κ1) is 13.1. The van der Waals surface area contributed by atoms with Gasteiger partial charge in [0, 0.05) is 15.5 Å². The van der Waals surface area contributed by atoms with E-state index in [4.69, 9.17) is 5.73 Å². The molecule has 0 radical (unpaired) electrons. The van der Waals surface area contributed by atoms with Gasteiger partial charge in [-0.05, 0) is 37.1 Å². The van der Waals surface area contributed by atoms with Crippen molar-refractivity contribution in [3.05, 3.63) is 33.4 Å². The molecule has 2 rings (SSSR count). The number of pyridine rings is 1. The van der Waals surface area contributed by atoms with Gasteiger partial charge in [0.2, 0.25) is 0 Å². The summed E-state index contributed by atoms with van der Waals surface area (Å²) >= 11 is 3.39. The molecule has 0 saturated carbocycles. The first-order valence-corrected chi connectivity index (χ1v) is 5.94. The van der Waals surface area contributed by atoms with Gasteiger partial charge in [0.05, 0.1) is 5.52 Å². The second-order valence-electron chi connectivity index (χ2n) is 4.12. The molecule has 1 heterocycles. The van der Waals surface area contributed by atoms with Crippen LogP contribution in [0.2, 0.25) is 0 Å². The fourth-order valence-corrected chi connectivity index (χ4v) is 2.23. The average molecular weight is 319 g/mol. The number of benzene rings is 1. The highest BCUT2D eigenvalue weighted by molar-refractivity contribution is 9.10. The van der Waals surface area contributed by atoms with E-state index >= 15 is 0 Å². The Morgan fingerprint density at radius 2 is 1.83 bits per heavy atom. The van der Waals surface area contributed by atoms with Crippen molar-refractivity contribution >= 4 is 32.5 Å². The van der Waals surface area contributed by atoms with Crippen molar-refractivity contribution in [3.8, 4) is 0 Å². The first-order chi connectivity index (χ1) is 8.21. The summed E-state index contributed by atoms with van der Waals surface area (Å²) in [5.41, 5.74) is 6.72. The smallest absolute Gasteiger partial charge is 0.398 e. The van der Waals surface area contributed by atoms with Gasteiger partial charge in [-0.15, -0.1) is 0 Å². The van der Waals surface area contributed by atoms with Crippen LogP contribution >= 0.6 is 15.9 Å². The Morgan fingerprint density at radius 1 is 1.22 bits per heavy atom. The van der Waals surface area contributed by atoms with Crippen molar-refractivity contribution < 1.29 is 13.2 Å². The lowest BCUT2D eigenvalue weighted by Crippen LogP contribution is -2.09. The second-order valence-corrected chi connectivity index (χ2v) is 4.91. The molecule has 2 nitrogen and oxygen atoms in total. The van der Waals surface area contributed by atoms with Gasteiger partial charge in [-0.2, -0.15) is 13.2 Å². The summed E-state index contributed by atoms with van der Waals surface area (Å²) in [6.07, 6.45) is -4.49. The van der Waals surface area contributed by atoms with E-state index in [1.54, 1.807) is 19.9 Å². The van der Waals surface area contributed by atoms with Crippen LogP contribution in [-0.2, 0) is 6.18 Å². The summed E-state index contributed by atoms with van der Waals surface area (Å²) in [7, 11) is 0. The Labute approximate surface area is 110 Å². The quantitative estimate of drug-likeness (QED) is 0.790. The molecule has 18 heavy (non-hydrogen) atoms. The molecular weight excluding hydrogens is 309 g/mol. The van der Waals surface area contributed by atoms with Gasteiger partial charge in [0.25, 0.3) is 0 Å². The Balaban J connectivity index is 2.87. The molecule has 96 valence electrons. The summed E-state index contributed by atoms with van der Waals surface area (Å²) in [5, 5.41) is 0.556. The van der Waals surface area contributed by atoms with Crippen molar-refractivity contribution in [2.24, 2.45) is 0 Å². The number of hydrogen-bond acceptors (Lipinski definition) is 2. The molecule has 0 fully saturated rings. The average Bonchev–Trinajstić information content (AvgIpc) is 2.23. The van der Waals surface area contributed by atoms with E-state index in [1.165, 1.54) is 0 Å². The molecule has 0 aliphatic rings. The van der Waals surface area contributed by atoms with Crippen molar-refractivity contribution in [2.45, 2.75) is 20.0 Å². The molecule has 0 spiro atoms. The third-order valence-electron chi connectivity index (χ3n) is 2.77. The van der Waals surface area contributed by atoms with Gasteiger partial charge in [-0.1, -0.05) is 15.9 Å². The van der Waals surface area contributed by atoms with Crippen LogP contribution < -0.4 is 5.73 Å². The maximum absolute atomic E-state index is 12.6. The van der Waals surface area contributed by atoms with Crippen molar-refractivity contribution in [2.75, 3.05) is 5.73 Å². The number of nitrogens with two attached hydrogens (primary N) is 1. The normalized spacial score (nSPS) is 12.1. The Morgan fingerprint density at radius 3 is 2.39 bits per heavy atom. The van der Waals surface area contributed by atoms with Crippen LogP contribution in [0.4, 0.5) is 18.9 Å². The lowest BCUT2D eigenvalue weighted by molar-refractivity contribution is -0.140. The van der Waals surface area contributed by atoms with Crippen molar-refractivity contribution in [1.82, 2.24) is 4.98 Å². The SMILES string of the molecule is Cc1cc2nc(C(F)(F)F)cc(N)c2c(C)c1Br. The molecule has 1 aromatic carbocycles. The number of aryl methyl sites for hydroxylation is 2. The Bertz CT molecular complexity index is 635. The van der Waals surface area contributed by atoms with Crippen LogP contribution in [-0.4, -0.2) is 4.98 Å². The fourth-order valence-electron chi connectivity index (χ4n) is 1.92. The minimum atomic E-state index is -4.49. The monoisotopic (exact) mass is 318 g/mol. The van der Waals surface area contributed by atoms with Crippen LogP contribution in [0.3, 0.4) is 0 Å². The number of halogens is 4. The molecular formula is C12H10BrF3N2. The third kappa shape index (κ3) is 2.05. The minimum absolute atomic E-state index is 0.0884. The Kier molecular flexibility index (Phi) is 3.01. The summed E-state index contributed by atoms with van der Waals surface area (Å²) in [4.78, 5) is 3.64. The molecule has 0 amide bonds. The molecule has 0 aliphatic heterocycles. The lowest BCUT2D eigenvalue weighted by Gasteiger charge is -2.13. The van der Waals surface area contributed by atoms with E-state index in [-0.39, 0.29) is 11.2 Å². The van der Waals surface area contributed by atoms with Crippen LogP contribution in [0.15, 0.2) is 16.6 Å². The molecule has 6 heteroatoms. The van der Waals surface area contributed by atoms with Crippen LogP contribution in [0.5, 0.6) is 0 Å². The highest BCUT2D eigenvalue weighted by atomic mass is 79.9. The van der Waals surface area contributed by atoms with Crippen molar-refractivity contribution in [1.29, 1.82) is 0 Å². The molecule has 0 atom stereocenters. The summed E-state index contributed by atoms with van der Waals surface area (Å²) in [5.74, 6) is 0. The fraction of sp³-hybridized carbons (Fsp3) is 0.250. The molecule has 2 aromatic rings. The van der Waals surface area contributed by atoms with Crippen LogP contribution in [0, 0.1) is 13.8 Å². The third-order valence-corrected chi connectivity index (χ3v) is 3.99. The van der Waals surface area contributed by atoms with Gasteiger partial charge < -0.3 is 5.73 Å². The summed E-state index contributed by atoms with van der Waals surface area (Å²) in [6, 6.07) is 2.47. The molecule has 0 unspecified atom stereocenters. The van der Waals surface area contributed by atoms with Gasteiger partial charge in [-0.3, -0.25) is 0 Å². The lowest BCUT2D eigenvalue weighted by atomic mass is 10.0. The Hall–Kier alpha value is -1.30. The summed E-state index contributed by atoms with van der Waals surface area (Å²) < 4.78 is 38.8. The van der Waals surface area contributed by atoms with E-state index in [9.17, 15) is 13.2 Å². The van der Waals surface area contributed by atoms with Gasteiger partial charge in [-0.25, -0.2) is 4.98 Å². The summed E-state index contributed by atoms with van der Waals surface area (Å²) in [6.45, 7) is 3.60. The second kappa shape index (κ2) is 4.12. The number of aromatic nitrogens is 1. The highest BCUT2D eigenvalue weighted by Gasteiger charge is 2.33. The van der Waals surface area contributed by atoms with Crippen LogP contribution in [0.25, 0.3) is 10.9 Å². The predicted molar refractivity (Wildman–Crippen MR) is 68.3 cm³/mol. The molecule has 0 bridgehead atoms. The maximum Gasteiger partial charge on any atom is 0.433 e. The van der Waals surface area contributed by atoms with Gasteiger partial charge in [0.15, 0.2) is 0 Å². The van der Waals surface area contributed by atoms with E-state index in [2.05, 4.69) is 20.9 Å². The molecule has 0 saturated heterocycles. The topological polar surface area (TPSA) is 38.9 Å². The van der Waals surface area contributed by atoms with Gasteiger partial charge >= 0.3 is 6.18 Å². The molecule has 2 N–H and O–H groups in total. The zero-order valence-electron chi connectivity index (χ0n) is 9.69. The number of hydrogen-bond donors (Lipinski definition) is 1. The number of fused-ring (bicyclic) bond motifs is 1. The number of nitrogens with zero attached hydrogens (tertiary/aromatic N) is 1. The maximum atomic E-state index is 12.6. The molecule has 1 aromatic heterocycles. The van der Waals surface area contributed by atoms with E-state index in [1.807, 2.05) is 0 Å². The number of alkyl halides is 3. The van der Waals surface area contributed by atoms with E-state index in [0.29, 0.717) is 5.39 Å². The predicted octanol–water partition coefficient (Wildman–Crippen LogP) is 4.22. The standard InChI is InChI=1S/C12H10BrF3N2/c1-5-3-8-10(6(2)11(5)13)7(17)4-9(18-8)12(14,15)16/h3-4H,1-2H3,(H2,17,18). The minimum Gasteiger partial charge on any atom is -0.398 e. The van der Waals surface area contributed by atoms with Crippen molar-refractivity contribution in [3.63, 3.8) is 0 Å². The number of nitrogen functional groups attached to an aromatic ring is 1. The van der Waals surface area contributed by atoms with Gasteiger partial charge in [0.1, 0.15) is 5.69 Å².